The lowest BCUT2D eigenvalue weighted by Gasteiger charge is -2.32. The van der Waals surface area contributed by atoms with E-state index in [2.05, 4.69) is 5.32 Å². The van der Waals surface area contributed by atoms with Crippen molar-refractivity contribution in [1.29, 1.82) is 0 Å². The second-order valence-corrected chi connectivity index (χ2v) is 7.79. The fourth-order valence-corrected chi connectivity index (χ4v) is 4.56. The molecule has 1 aromatic carbocycles. The fraction of sp³-hybridized carbons (Fsp3) is 0.524. The van der Waals surface area contributed by atoms with E-state index in [4.69, 9.17) is 4.74 Å². The highest BCUT2D eigenvalue weighted by atomic mass is 16.5. The molecule has 138 valence electrons. The Morgan fingerprint density at radius 3 is 2.85 bits per heavy atom. The van der Waals surface area contributed by atoms with E-state index < -0.39 is 0 Å². The zero-order valence-electron chi connectivity index (χ0n) is 15.3. The highest BCUT2D eigenvalue weighted by Crippen LogP contribution is 2.39. The molecule has 5 nitrogen and oxygen atoms in total. The van der Waals surface area contributed by atoms with Crippen LogP contribution < -0.4 is 10.9 Å². The summed E-state index contributed by atoms with van der Waals surface area (Å²) in [4.78, 5) is 25.0. The molecular formula is C21H26N2O3. The maximum atomic E-state index is 12.6. The van der Waals surface area contributed by atoms with Gasteiger partial charge in [0.1, 0.15) is 6.54 Å². The van der Waals surface area contributed by atoms with Crippen LogP contribution in [0.15, 0.2) is 35.1 Å². The van der Waals surface area contributed by atoms with Gasteiger partial charge in [0.05, 0.1) is 23.8 Å². The van der Waals surface area contributed by atoms with Gasteiger partial charge in [0.2, 0.25) is 5.91 Å². The zero-order chi connectivity index (χ0) is 18.1. The van der Waals surface area contributed by atoms with Crippen LogP contribution in [-0.4, -0.2) is 28.7 Å². The summed E-state index contributed by atoms with van der Waals surface area (Å²) in [6.07, 6.45) is 6.80. The number of amides is 1. The molecule has 1 amide bonds. The molecule has 1 unspecified atom stereocenters. The van der Waals surface area contributed by atoms with Crippen molar-refractivity contribution in [3.05, 3.63) is 46.2 Å². The van der Waals surface area contributed by atoms with Crippen LogP contribution in [0, 0.1) is 6.92 Å². The van der Waals surface area contributed by atoms with Gasteiger partial charge in [-0.15, -0.1) is 0 Å². The number of para-hydroxylation sites is 1. The van der Waals surface area contributed by atoms with E-state index in [0.717, 1.165) is 35.7 Å². The van der Waals surface area contributed by atoms with E-state index in [1.54, 1.807) is 10.6 Å². The monoisotopic (exact) mass is 354 g/mol. The minimum atomic E-state index is -0.136. The number of hydrogen-bond acceptors (Lipinski definition) is 3. The average molecular weight is 354 g/mol. The molecule has 0 bridgehead atoms. The van der Waals surface area contributed by atoms with Gasteiger partial charge in [-0.3, -0.25) is 14.2 Å². The largest absolute Gasteiger partial charge is 0.373 e. The molecule has 2 heterocycles. The van der Waals surface area contributed by atoms with Gasteiger partial charge in [-0.05, 0) is 37.8 Å². The van der Waals surface area contributed by atoms with Crippen LogP contribution in [-0.2, 0) is 16.1 Å². The van der Waals surface area contributed by atoms with Crippen molar-refractivity contribution < 1.29 is 9.53 Å². The highest BCUT2D eigenvalue weighted by Gasteiger charge is 2.41. The number of aryl methyl sites for hydroxylation is 1. The summed E-state index contributed by atoms with van der Waals surface area (Å²) in [7, 11) is 0. The predicted molar refractivity (Wildman–Crippen MR) is 101 cm³/mol. The number of benzene rings is 1. The second-order valence-electron chi connectivity index (χ2n) is 7.79. The maximum Gasteiger partial charge on any atom is 0.251 e. The molecule has 1 atom stereocenters. The Labute approximate surface area is 153 Å². The molecular weight excluding hydrogens is 328 g/mol. The Balaban J connectivity index is 1.48. The molecule has 2 aromatic rings. The SMILES string of the molecule is Cc1cc(=O)n(CC(=O)NC2COC3(CCCCC3)C2)c2ccccc12. The molecule has 26 heavy (non-hydrogen) atoms. The molecule has 1 N–H and O–H groups in total. The first kappa shape index (κ1) is 17.3. The number of nitrogens with one attached hydrogen (secondary N) is 1. The predicted octanol–water partition coefficient (Wildman–Crippen LogP) is 2.92. The van der Waals surface area contributed by atoms with E-state index in [1.165, 1.54) is 19.3 Å². The number of carbonyl (C=O) groups excluding carboxylic acids is 1. The number of rotatable bonds is 3. The van der Waals surface area contributed by atoms with Gasteiger partial charge < -0.3 is 10.1 Å². The molecule has 1 aliphatic carbocycles. The van der Waals surface area contributed by atoms with Gasteiger partial charge in [0.15, 0.2) is 0 Å². The van der Waals surface area contributed by atoms with Crippen LogP contribution in [0.4, 0.5) is 0 Å². The first-order valence-corrected chi connectivity index (χ1v) is 9.59. The van der Waals surface area contributed by atoms with Gasteiger partial charge in [0.25, 0.3) is 5.56 Å². The van der Waals surface area contributed by atoms with Crippen molar-refractivity contribution in [1.82, 2.24) is 9.88 Å². The molecule has 2 fully saturated rings. The lowest BCUT2D eigenvalue weighted by Crippen LogP contribution is -2.40. The number of nitrogens with zero attached hydrogens (tertiary/aromatic N) is 1. The Morgan fingerprint density at radius 2 is 2.04 bits per heavy atom. The van der Waals surface area contributed by atoms with Gasteiger partial charge in [0, 0.05) is 11.5 Å². The van der Waals surface area contributed by atoms with Crippen molar-refractivity contribution in [3.8, 4) is 0 Å². The molecule has 1 saturated carbocycles. The molecule has 4 rings (SSSR count). The molecule has 5 heteroatoms. The van der Waals surface area contributed by atoms with Crippen LogP contribution in [0.5, 0.6) is 0 Å². The maximum absolute atomic E-state index is 12.6. The first-order chi connectivity index (χ1) is 12.6. The first-order valence-electron chi connectivity index (χ1n) is 9.59. The lowest BCUT2D eigenvalue weighted by molar-refractivity contribution is -0.122. The van der Waals surface area contributed by atoms with Crippen LogP contribution in [0.1, 0.15) is 44.1 Å². The summed E-state index contributed by atoms with van der Waals surface area (Å²) in [5.41, 5.74) is 1.58. The minimum absolute atomic E-state index is 0.0242. The standard InChI is InChI=1S/C21H26N2O3/c1-15-11-20(25)23(18-8-4-3-7-17(15)18)13-19(24)22-16-12-21(26-14-16)9-5-2-6-10-21/h3-4,7-8,11,16H,2,5-6,9-10,12-14H2,1H3,(H,22,24). The van der Waals surface area contributed by atoms with Gasteiger partial charge in [-0.25, -0.2) is 0 Å². The van der Waals surface area contributed by atoms with Crippen molar-refractivity contribution >= 4 is 16.8 Å². The third-order valence-corrected chi connectivity index (χ3v) is 5.87. The van der Waals surface area contributed by atoms with Gasteiger partial charge >= 0.3 is 0 Å². The van der Waals surface area contributed by atoms with Gasteiger partial charge in [-0.2, -0.15) is 0 Å². The van der Waals surface area contributed by atoms with Crippen LogP contribution >= 0.6 is 0 Å². The van der Waals surface area contributed by atoms with Crippen molar-refractivity contribution in [2.24, 2.45) is 0 Å². The summed E-state index contributed by atoms with van der Waals surface area (Å²) in [6.45, 7) is 2.55. The normalized spacial score (nSPS) is 22.0. The van der Waals surface area contributed by atoms with Crippen LogP contribution in [0.3, 0.4) is 0 Å². The molecule has 1 spiro atoms. The second kappa shape index (κ2) is 6.88. The minimum Gasteiger partial charge on any atom is -0.373 e. The fourth-order valence-electron chi connectivity index (χ4n) is 4.56. The summed E-state index contributed by atoms with van der Waals surface area (Å²) in [5, 5.41) is 4.09. The summed E-state index contributed by atoms with van der Waals surface area (Å²) in [5.74, 6) is -0.123. The number of carbonyl (C=O) groups is 1. The Hall–Kier alpha value is -2.14. The summed E-state index contributed by atoms with van der Waals surface area (Å²) < 4.78 is 7.63. The molecule has 1 saturated heterocycles. The van der Waals surface area contributed by atoms with Crippen molar-refractivity contribution in [2.45, 2.75) is 63.6 Å². The number of ether oxygens (including phenoxy) is 1. The third kappa shape index (κ3) is 3.28. The van der Waals surface area contributed by atoms with E-state index in [9.17, 15) is 9.59 Å². The van der Waals surface area contributed by atoms with E-state index in [-0.39, 0.29) is 29.7 Å². The van der Waals surface area contributed by atoms with Crippen LogP contribution in [0.25, 0.3) is 10.9 Å². The zero-order valence-corrected chi connectivity index (χ0v) is 15.3. The Kier molecular flexibility index (Phi) is 4.57. The highest BCUT2D eigenvalue weighted by molar-refractivity contribution is 5.84. The number of hydrogen-bond donors (Lipinski definition) is 1. The van der Waals surface area contributed by atoms with E-state index in [1.807, 2.05) is 31.2 Å². The third-order valence-electron chi connectivity index (χ3n) is 5.87. The molecule has 0 radical (unpaired) electrons. The molecule has 2 aliphatic rings. The summed E-state index contributed by atoms with van der Waals surface area (Å²) in [6, 6.07) is 9.37. The number of pyridine rings is 1. The van der Waals surface area contributed by atoms with Gasteiger partial charge in [-0.1, -0.05) is 37.5 Å². The quantitative estimate of drug-likeness (QED) is 0.922. The summed E-state index contributed by atoms with van der Waals surface area (Å²) >= 11 is 0. The Bertz CT molecular complexity index is 880. The molecule has 1 aromatic heterocycles. The van der Waals surface area contributed by atoms with Crippen molar-refractivity contribution in [2.75, 3.05) is 6.61 Å². The van der Waals surface area contributed by atoms with Crippen LogP contribution in [0.2, 0.25) is 0 Å². The average Bonchev–Trinajstić information content (AvgIpc) is 3.01. The molecule has 1 aliphatic heterocycles. The van der Waals surface area contributed by atoms with Crippen molar-refractivity contribution in [3.63, 3.8) is 0 Å². The van der Waals surface area contributed by atoms with E-state index >= 15 is 0 Å². The topological polar surface area (TPSA) is 60.3 Å². The number of fused-ring (bicyclic) bond motifs is 1. The number of aromatic nitrogens is 1. The smallest absolute Gasteiger partial charge is 0.251 e. The Morgan fingerprint density at radius 1 is 1.27 bits per heavy atom. The van der Waals surface area contributed by atoms with E-state index in [0.29, 0.717) is 6.61 Å². The lowest BCUT2D eigenvalue weighted by atomic mass is 9.82.